The lowest BCUT2D eigenvalue weighted by Gasteiger charge is -2.17. The number of rotatable bonds is 8. The minimum absolute atomic E-state index is 0.427. The number of hydrogen-bond donors (Lipinski definition) is 1. The van der Waals surface area contributed by atoms with Gasteiger partial charge in [0.2, 0.25) is 6.10 Å². The maximum atomic E-state index is 11.8. The summed E-state index contributed by atoms with van der Waals surface area (Å²) in [5.41, 5.74) is 1.93. The third-order valence-corrected chi connectivity index (χ3v) is 4.41. The van der Waals surface area contributed by atoms with Crippen molar-refractivity contribution in [2.45, 2.75) is 32.4 Å². The normalized spacial score (nSPS) is 11.9. The van der Waals surface area contributed by atoms with E-state index in [4.69, 9.17) is 16.3 Å². The van der Waals surface area contributed by atoms with Gasteiger partial charge in [0.25, 0.3) is 0 Å². The van der Waals surface area contributed by atoms with Gasteiger partial charge in [0.05, 0.1) is 5.69 Å². The Morgan fingerprint density at radius 1 is 1.22 bits per heavy atom. The molecule has 0 saturated heterocycles. The second kappa shape index (κ2) is 8.73. The fourth-order valence-corrected chi connectivity index (χ4v) is 2.94. The number of nitrogens with zero attached hydrogens (tertiary/aromatic N) is 2. The van der Waals surface area contributed by atoms with E-state index in [1.165, 1.54) is 0 Å². The van der Waals surface area contributed by atoms with Crippen molar-refractivity contribution in [3.63, 3.8) is 0 Å². The molecule has 1 aromatic heterocycles. The molecule has 0 aliphatic heterocycles. The van der Waals surface area contributed by atoms with Crippen molar-refractivity contribution in [2.24, 2.45) is 0 Å². The standard InChI is InChI=1S/C21H21ClN2O3/c1-2-3-12-24-13-11-18(23-24)17-14-16(22)9-10-19(17)27-20(21(25)26)15-7-5-4-6-8-15/h4-11,13-14,20H,2-3,12H2,1H3,(H,25,26). The molecular weight excluding hydrogens is 364 g/mol. The van der Waals surface area contributed by atoms with Crippen LogP contribution in [0, 0.1) is 0 Å². The lowest BCUT2D eigenvalue weighted by molar-refractivity contribution is -0.145. The molecular formula is C21H21ClN2O3. The van der Waals surface area contributed by atoms with Crippen LogP contribution in [0.3, 0.4) is 0 Å². The van der Waals surface area contributed by atoms with Crippen molar-refractivity contribution in [1.82, 2.24) is 9.78 Å². The van der Waals surface area contributed by atoms with Crippen LogP contribution in [0.1, 0.15) is 31.4 Å². The van der Waals surface area contributed by atoms with E-state index in [-0.39, 0.29) is 0 Å². The molecule has 1 atom stereocenters. The van der Waals surface area contributed by atoms with Crippen molar-refractivity contribution in [1.29, 1.82) is 0 Å². The zero-order valence-corrected chi connectivity index (χ0v) is 15.8. The number of unbranched alkanes of at least 4 members (excludes halogenated alkanes) is 1. The van der Waals surface area contributed by atoms with Gasteiger partial charge in [-0.2, -0.15) is 5.10 Å². The number of carboxylic acids is 1. The third-order valence-electron chi connectivity index (χ3n) is 4.17. The SMILES string of the molecule is CCCCn1ccc(-c2cc(Cl)ccc2OC(C(=O)O)c2ccccc2)n1. The Bertz CT molecular complexity index is 909. The van der Waals surface area contributed by atoms with Crippen LogP contribution in [0.2, 0.25) is 5.02 Å². The van der Waals surface area contributed by atoms with Crippen LogP contribution in [0.5, 0.6) is 5.75 Å². The Labute approximate surface area is 163 Å². The first-order valence-electron chi connectivity index (χ1n) is 8.86. The quantitative estimate of drug-likeness (QED) is 0.579. The molecule has 5 nitrogen and oxygen atoms in total. The zero-order chi connectivity index (χ0) is 19.2. The second-order valence-corrected chi connectivity index (χ2v) is 6.64. The Kier molecular flexibility index (Phi) is 6.14. The second-order valence-electron chi connectivity index (χ2n) is 6.20. The van der Waals surface area contributed by atoms with Crippen molar-refractivity contribution in [2.75, 3.05) is 0 Å². The van der Waals surface area contributed by atoms with Gasteiger partial charge in [-0.25, -0.2) is 4.79 Å². The van der Waals surface area contributed by atoms with Gasteiger partial charge in [0, 0.05) is 28.9 Å². The minimum Gasteiger partial charge on any atom is -0.478 e. The summed E-state index contributed by atoms with van der Waals surface area (Å²) < 4.78 is 7.76. The van der Waals surface area contributed by atoms with E-state index in [9.17, 15) is 9.90 Å². The largest absolute Gasteiger partial charge is 0.478 e. The first kappa shape index (κ1) is 19.0. The van der Waals surface area contributed by atoms with Gasteiger partial charge in [-0.1, -0.05) is 55.3 Å². The van der Waals surface area contributed by atoms with Gasteiger partial charge < -0.3 is 9.84 Å². The number of aliphatic carboxylic acids is 1. The first-order valence-corrected chi connectivity index (χ1v) is 9.24. The predicted molar refractivity (Wildman–Crippen MR) is 105 cm³/mol. The number of aryl methyl sites for hydroxylation is 1. The fourth-order valence-electron chi connectivity index (χ4n) is 2.77. The van der Waals surface area contributed by atoms with Crippen LogP contribution in [0.25, 0.3) is 11.3 Å². The summed E-state index contributed by atoms with van der Waals surface area (Å²) in [6, 6.07) is 15.8. The molecule has 0 aliphatic carbocycles. The van der Waals surface area contributed by atoms with Crippen LogP contribution in [0.15, 0.2) is 60.8 Å². The lowest BCUT2D eigenvalue weighted by Crippen LogP contribution is -2.18. The highest BCUT2D eigenvalue weighted by molar-refractivity contribution is 6.30. The average Bonchev–Trinajstić information content (AvgIpc) is 3.14. The molecule has 0 radical (unpaired) electrons. The van der Waals surface area contributed by atoms with Crippen LogP contribution in [0.4, 0.5) is 0 Å². The van der Waals surface area contributed by atoms with E-state index >= 15 is 0 Å². The molecule has 6 heteroatoms. The predicted octanol–water partition coefficient (Wildman–Crippen LogP) is 5.21. The number of ether oxygens (including phenoxy) is 1. The number of carboxylic acid groups (broad SMARTS) is 1. The topological polar surface area (TPSA) is 64.3 Å². The smallest absolute Gasteiger partial charge is 0.349 e. The van der Waals surface area contributed by atoms with E-state index in [1.807, 2.05) is 23.0 Å². The monoisotopic (exact) mass is 384 g/mol. The number of aromatic nitrogens is 2. The molecule has 3 rings (SSSR count). The van der Waals surface area contributed by atoms with E-state index in [2.05, 4.69) is 12.0 Å². The molecule has 3 aromatic rings. The fraction of sp³-hybridized carbons (Fsp3) is 0.238. The number of carbonyl (C=O) groups is 1. The zero-order valence-electron chi connectivity index (χ0n) is 15.0. The molecule has 1 unspecified atom stereocenters. The number of hydrogen-bond acceptors (Lipinski definition) is 3. The Morgan fingerprint density at radius 3 is 2.70 bits per heavy atom. The van der Waals surface area contributed by atoms with Crippen molar-refractivity contribution in [3.8, 4) is 17.0 Å². The van der Waals surface area contributed by atoms with Crippen LogP contribution < -0.4 is 4.74 Å². The molecule has 0 fully saturated rings. The van der Waals surface area contributed by atoms with Gasteiger partial charge >= 0.3 is 5.97 Å². The van der Waals surface area contributed by atoms with E-state index < -0.39 is 12.1 Å². The highest BCUT2D eigenvalue weighted by Crippen LogP contribution is 2.34. The molecule has 0 bridgehead atoms. The molecule has 1 N–H and O–H groups in total. The lowest BCUT2D eigenvalue weighted by atomic mass is 10.1. The average molecular weight is 385 g/mol. The molecule has 0 aliphatic rings. The molecule has 0 spiro atoms. The van der Waals surface area contributed by atoms with Crippen molar-refractivity contribution in [3.05, 3.63) is 71.4 Å². The first-order chi connectivity index (χ1) is 13.1. The van der Waals surface area contributed by atoms with E-state index in [1.54, 1.807) is 42.5 Å². The summed E-state index contributed by atoms with van der Waals surface area (Å²) >= 11 is 6.17. The van der Waals surface area contributed by atoms with Gasteiger partial charge in [-0.15, -0.1) is 0 Å². The summed E-state index contributed by atoms with van der Waals surface area (Å²) in [6.07, 6.45) is 2.91. The number of halogens is 1. The van der Waals surface area contributed by atoms with Gasteiger partial charge in [0.1, 0.15) is 5.75 Å². The summed E-state index contributed by atoms with van der Waals surface area (Å²) in [4.78, 5) is 11.8. The van der Waals surface area contributed by atoms with Crippen LogP contribution >= 0.6 is 11.6 Å². The molecule has 1 heterocycles. The molecule has 0 saturated carbocycles. The number of benzene rings is 2. The Balaban J connectivity index is 1.94. The molecule has 27 heavy (non-hydrogen) atoms. The van der Waals surface area contributed by atoms with Crippen molar-refractivity contribution < 1.29 is 14.6 Å². The molecule has 140 valence electrons. The van der Waals surface area contributed by atoms with Crippen molar-refractivity contribution >= 4 is 17.6 Å². The summed E-state index contributed by atoms with van der Waals surface area (Å²) in [6.45, 7) is 2.96. The molecule has 0 amide bonds. The van der Waals surface area contributed by atoms with Crippen LogP contribution in [-0.2, 0) is 11.3 Å². The van der Waals surface area contributed by atoms with E-state index in [0.29, 0.717) is 27.6 Å². The highest BCUT2D eigenvalue weighted by atomic mass is 35.5. The Morgan fingerprint density at radius 2 is 2.00 bits per heavy atom. The summed E-state index contributed by atoms with van der Waals surface area (Å²) in [5.74, 6) is -0.632. The minimum atomic E-state index is -1.12. The van der Waals surface area contributed by atoms with Gasteiger partial charge in [0.15, 0.2) is 0 Å². The van der Waals surface area contributed by atoms with Crippen LogP contribution in [-0.4, -0.2) is 20.9 Å². The van der Waals surface area contributed by atoms with Gasteiger partial charge in [-0.3, -0.25) is 4.68 Å². The molecule has 2 aromatic carbocycles. The maximum Gasteiger partial charge on any atom is 0.349 e. The summed E-state index contributed by atoms with van der Waals surface area (Å²) in [7, 11) is 0. The third kappa shape index (κ3) is 4.68. The maximum absolute atomic E-state index is 11.8. The van der Waals surface area contributed by atoms with E-state index in [0.717, 1.165) is 19.4 Å². The summed E-state index contributed by atoms with van der Waals surface area (Å²) in [5, 5.41) is 14.7. The van der Waals surface area contributed by atoms with Gasteiger partial charge in [-0.05, 0) is 30.7 Å². The Hall–Kier alpha value is -2.79. The highest BCUT2D eigenvalue weighted by Gasteiger charge is 2.23.